The quantitative estimate of drug-likeness (QED) is 0.879. The van der Waals surface area contributed by atoms with Crippen LogP contribution in [-0.4, -0.2) is 77.3 Å². The van der Waals surface area contributed by atoms with E-state index >= 15 is 0 Å². The van der Waals surface area contributed by atoms with Crippen molar-refractivity contribution in [3.63, 3.8) is 0 Å². The third-order valence-corrected chi connectivity index (χ3v) is 5.11. The van der Waals surface area contributed by atoms with E-state index in [-0.39, 0.29) is 19.1 Å². The lowest BCUT2D eigenvalue weighted by molar-refractivity contribution is -0.0524. The highest BCUT2D eigenvalue weighted by Crippen LogP contribution is 2.41. The normalized spacial score (nSPS) is 29.0. The van der Waals surface area contributed by atoms with Crippen LogP contribution in [0.15, 0.2) is 10.8 Å². The predicted molar refractivity (Wildman–Crippen MR) is 85.8 cm³/mol. The molecule has 132 valence electrons. The van der Waals surface area contributed by atoms with Gasteiger partial charge < -0.3 is 24.1 Å². The molecule has 1 aromatic rings. The largest absolute Gasteiger partial charge is 0.447 e. The van der Waals surface area contributed by atoms with Gasteiger partial charge in [0.05, 0.1) is 19.8 Å². The number of hydrogen-bond donors (Lipinski definition) is 1. The fraction of sp³-hybridized carbons (Fsp3) is 0.765. The van der Waals surface area contributed by atoms with Gasteiger partial charge in [0.2, 0.25) is 0 Å². The van der Waals surface area contributed by atoms with Gasteiger partial charge in [0, 0.05) is 19.0 Å². The molecule has 2 saturated heterocycles. The number of rotatable bonds is 4. The Balaban J connectivity index is 1.48. The van der Waals surface area contributed by atoms with E-state index < -0.39 is 5.60 Å². The number of likely N-dealkylation sites (tertiary alicyclic amines) is 1. The summed E-state index contributed by atoms with van der Waals surface area (Å²) in [7, 11) is 0. The van der Waals surface area contributed by atoms with Crippen molar-refractivity contribution in [3.8, 4) is 0 Å². The first-order valence-electron chi connectivity index (χ1n) is 8.90. The molecular weight excluding hydrogens is 310 g/mol. The molecule has 1 N–H and O–H groups in total. The molecule has 0 spiro atoms. The molecule has 2 aliphatic heterocycles. The summed E-state index contributed by atoms with van der Waals surface area (Å²) in [5.74, 6) is 0.877. The van der Waals surface area contributed by atoms with Crippen LogP contribution in [0.5, 0.6) is 0 Å². The summed E-state index contributed by atoms with van der Waals surface area (Å²) >= 11 is 0. The van der Waals surface area contributed by atoms with Crippen LogP contribution >= 0.6 is 0 Å². The van der Waals surface area contributed by atoms with Crippen LogP contribution in [0.3, 0.4) is 0 Å². The number of hydrogen-bond acceptors (Lipinski definition) is 6. The first kappa shape index (κ1) is 16.1. The van der Waals surface area contributed by atoms with Crippen molar-refractivity contribution in [1.82, 2.24) is 14.8 Å². The molecule has 1 aromatic heterocycles. The molecule has 0 aromatic carbocycles. The number of nitrogens with zero attached hydrogens (tertiary/aromatic N) is 3. The van der Waals surface area contributed by atoms with Crippen LogP contribution in [0.2, 0.25) is 0 Å². The number of ether oxygens (including phenoxy) is 1. The Bertz CT molecular complexity index is 594. The fourth-order valence-electron chi connectivity index (χ4n) is 3.74. The number of β-amino-alcohol motifs (C(OH)–C–C–N with tert-alkyl or cyclic N) is 1. The highest BCUT2D eigenvalue weighted by molar-refractivity contribution is 5.93. The lowest BCUT2D eigenvalue weighted by atomic mass is 10.0. The number of amides is 1. The van der Waals surface area contributed by atoms with Gasteiger partial charge in [-0.15, -0.1) is 0 Å². The third-order valence-electron chi connectivity index (χ3n) is 5.11. The molecule has 1 aliphatic carbocycles. The first-order chi connectivity index (χ1) is 11.6. The minimum Gasteiger partial charge on any atom is -0.447 e. The van der Waals surface area contributed by atoms with Crippen LogP contribution in [0, 0.1) is 0 Å². The second-order valence-corrected chi connectivity index (χ2v) is 7.33. The van der Waals surface area contributed by atoms with E-state index in [4.69, 9.17) is 9.15 Å². The molecule has 24 heavy (non-hydrogen) atoms. The lowest BCUT2D eigenvalue weighted by Gasteiger charge is -2.33. The number of oxazole rings is 1. The Morgan fingerprint density at radius 2 is 2.12 bits per heavy atom. The summed E-state index contributed by atoms with van der Waals surface area (Å²) in [6.07, 6.45) is 5.80. The number of carbonyl (C=O) groups is 1. The molecule has 1 saturated carbocycles. The van der Waals surface area contributed by atoms with Crippen molar-refractivity contribution in [1.29, 1.82) is 0 Å². The minimum atomic E-state index is -1.03. The zero-order valence-electron chi connectivity index (χ0n) is 13.9. The van der Waals surface area contributed by atoms with E-state index in [0.29, 0.717) is 37.1 Å². The van der Waals surface area contributed by atoms with Gasteiger partial charge in [-0.05, 0) is 38.8 Å². The van der Waals surface area contributed by atoms with Crippen LogP contribution in [0.25, 0.3) is 0 Å². The molecule has 0 radical (unpaired) electrons. The molecule has 7 nitrogen and oxygen atoms in total. The predicted octanol–water partition coefficient (Wildman–Crippen LogP) is 0.851. The highest BCUT2D eigenvalue weighted by Gasteiger charge is 2.39. The second kappa shape index (κ2) is 6.46. The zero-order chi connectivity index (χ0) is 16.6. The van der Waals surface area contributed by atoms with Crippen LogP contribution < -0.4 is 0 Å². The summed E-state index contributed by atoms with van der Waals surface area (Å²) in [5, 5.41) is 11.0. The second-order valence-electron chi connectivity index (χ2n) is 7.33. The molecule has 1 atom stereocenters. The Kier molecular flexibility index (Phi) is 4.32. The summed E-state index contributed by atoms with van der Waals surface area (Å²) < 4.78 is 11.0. The SMILES string of the molecule is O=C(c1ncoc1C1CC1)N1CCOC[C@@](O)(CN2CCCC2)C1. The molecule has 3 heterocycles. The molecule has 3 aliphatic rings. The smallest absolute Gasteiger partial charge is 0.276 e. The highest BCUT2D eigenvalue weighted by atomic mass is 16.5. The lowest BCUT2D eigenvalue weighted by Crippen LogP contribution is -2.53. The van der Waals surface area contributed by atoms with E-state index in [1.807, 2.05) is 0 Å². The topological polar surface area (TPSA) is 79.0 Å². The molecule has 1 amide bonds. The molecule has 7 heteroatoms. The van der Waals surface area contributed by atoms with E-state index in [9.17, 15) is 9.90 Å². The van der Waals surface area contributed by atoms with Gasteiger partial charge in [-0.2, -0.15) is 0 Å². The minimum absolute atomic E-state index is 0.156. The Morgan fingerprint density at radius 1 is 1.33 bits per heavy atom. The van der Waals surface area contributed by atoms with Crippen molar-refractivity contribution in [2.45, 2.75) is 37.2 Å². The maximum Gasteiger partial charge on any atom is 0.276 e. The standard InChI is InChI=1S/C17H25N3O4/c21-16(14-15(13-3-4-13)24-12-18-14)20-7-8-23-11-17(22,10-20)9-19-5-1-2-6-19/h12-13,22H,1-11H2/t17-/m1/s1. The van der Waals surface area contributed by atoms with Crippen LogP contribution in [-0.2, 0) is 4.74 Å². The van der Waals surface area contributed by atoms with Gasteiger partial charge in [-0.1, -0.05) is 0 Å². The van der Waals surface area contributed by atoms with Gasteiger partial charge in [0.1, 0.15) is 11.4 Å². The summed E-state index contributed by atoms with van der Waals surface area (Å²) in [5.41, 5.74) is -0.622. The number of aromatic nitrogens is 1. The Labute approximate surface area is 141 Å². The summed E-state index contributed by atoms with van der Waals surface area (Å²) in [4.78, 5) is 21.0. The first-order valence-corrected chi connectivity index (χ1v) is 8.90. The van der Waals surface area contributed by atoms with E-state index in [1.165, 1.54) is 19.2 Å². The molecule has 0 bridgehead atoms. The van der Waals surface area contributed by atoms with Gasteiger partial charge in [-0.25, -0.2) is 4.98 Å². The number of aliphatic hydroxyl groups is 1. The van der Waals surface area contributed by atoms with E-state index in [2.05, 4.69) is 9.88 Å². The Hall–Kier alpha value is -1.44. The summed E-state index contributed by atoms with van der Waals surface area (Å²) in [6, 6.07) is 0. The van der Waals surface area contributed by atoms with Gasteiger partial charge in [0.25, 0.3) is 5.91 Å². The molecular formula is C17H25N3O4. The maximum atomic E-state index is 12.9. The monoisotopic (exact) mass is 335 g/mol. The van der Waals surface area contributed by atoms with Crippen molar-refractivity contribution >= 4 is 5.91 Å². The van der Waals surface area contributed by atoms with Gasteiger partial charge in [-0.3, -0.25) is 4.79 Å². The summed E-state index contributed by atoms with van der Waals surface area (Å²) in [6.45, 7) is 4.01. The van der Waals surface area contributed by atoms with Crippen molar-refractivity contribution < 1.29 is 19.1 Å². The van der Waals surface area contributed by atoms with Crippen molar-refractivity contribution in [2.75, 3.05) is 45.9 Å². The number of carbonyl (C=O) groups excluding carboxylic acids is 1. The van der Waals surface area contributed by atoms with E-state index in [0.717, 1.165) is 25.9 Å². The Morgan fingerprint density at radius 3 is 2.88 bits per heavy atom. The average Bonchev–Trinajstić information content (AvgIpc) is 3.13. The maximum absolute atomic E-state index is 12.9. The zero-order valence-corrected chi connectivity index (χ0v) is 13.9. The van der Waals surface area contributed by atoms with Crippen LogP contribution in [0.1, 0.15) is 47.8 Å². The van der Waals surface area contributed by atoms with Crippen LogP contribution in [0.4, 0.5) is 0 Å². The average molecular weight is 335 g/mol. The molecule has 0 unspecified atom stereocenters. The fourth-order valence-corrected chi connectivity index (χ4v) is 3.74. The van der Waals surface area contributed by atoms with Gasteiger partial charge >= 0.3 is 0 Å². The molecule has 3 fully saturated rings. The third kappa shape index (κ3) is 3.34. The van der Waals surface area contributed by atoms with Crippen molar-refractivity contribution in [2.24, 2.45) is 0 Å². The van der Waals surface area contributed by atoms with E-state index in [1.54, 1.807) is 4.90 Å². The van der Waals surface area contributed by atoms with Crippen molar-refractivity contribution in [3.05, 3.63) is 17.8 Å². The molecule has 4 rings (SSSR count). The van der Waals surface area contributed by atoms with Gasteiger partial charge in [0.15, 0.2) is 12.1 Å².